The topological polar surface area (TPSA) is 82.6 Å². The lowest BCUT2D eigenvalue weighted by Gasteiger charge is -2.15. The fraction of sp³-hybridized carbons (Fsp3) is 0.286. The second kappa shape index (κ2) is 9.32. The minimum absolute atomic E-state index is 0.324. The van der Waals surface area contributed by atoms with Gasteiger partial charge in [0.25, 0.3) is 5.91 Å². The summed E-state index contributed by atoms with van der Waals surface area (Å²) in [6, 6.07) is 8.99. The molecule has 2 aromatic carbocycles. The average Bonchev–Trinajstić information content (AvgIpc) is 3.19. The molecule has 7 nitrogen and oxygen atoms in total. The van der Waals surface area contributed by atoms with Crippen molar-refractivity contribution in [3.63, 3.8) is 0 Å². The maximum absolute atomic E-state index is 12.5. The molecule has 3 rings (SSSR count). The van der Waals surface area contributed by atoms with Crippen molar-refractivity contribution in [2.75, 3.05) is 19.5 Å². The Morgan fingerprint density at radius 3 is 2.40 bits per heavy atom. The van der Waals surface area contributed by atoms with Crippen LogP contribution in [0.1, 0.15) is 18.1 Å². The second-order valence-electron chi connectivity index (χ2n) is 6.61. The smallest absolute Gasteiger partial charge is 0.266 e. The molecule has 1 N–H and O–H groups in total. The van der Waals surface area contributed by atoms with Gasteiger partial charge in [0, 0.05) is 22.1 Å². The van der Waals surface area contributed by atoms with Crippen molar-refractivity contribution in [1.29, 1.82) is 0 Å². The Balaban J connectivity index is 1.69. The monoisotopic (exact) mass is 447 g/mol. The molecule has 0 unspecified atom stereocenters. The van der Waals surface area contributed by atoms with Crippen molar-refractivity contribution in [2.45, 2.75) is 26.9 Å². The van der Waals surface area contributed by atoms with Crippen molar-refractivity contribution in [1.82, 2.24) is 9.36 Å². The molecule has 0 radical (unpaired) electrons. The highest BCUT2D eigenvalue weighted by Crippen LogP contribution is 2.32. The number of carbonyl (C=O) groups is 1. The fourth-order valence-corrected chi connectivity index (χ4v) is 3.51. The first-order valence-electron chi connectivity index (χ1n) is 9.12. The maximum Gasteiger partial charge on any atom is 0.266 e. The molecule has 0 spiro atoms. The number of aryl methyl sites for hydroxylation is 2. The first-order valence-corrected chi connectivity index (χ1v) is 10.3. The maximum atomic E-state index is 12.5. The summed E-state index contributed by atoms with van der Waals surface area (Å²) >= 11 is 7.27. The van der Waals surface area contributed by atoms with E-state index in [9.17, 15) is 4.79 Å². The van der Waals surface area contributed by atoms with Gasteiger partial charge in [-0.1, -0.05) is 11.6 Å². The highest BCUT2D eigenvalue weighted by atomic mass is 35.5. The number of anilines is 1. The summed E-state index contributed by atoms with van der Waals surface area (Å²) in [7, 11) is 3.13. The largest absolute Gasteiger partial charge is 0.493 e. The van der Waals surface area contributed by atoms with Gasteiger partial charge in [0.2, 0.25) is 5.13 Å². The van der Waals surface area contributed by atoms with E-state index in [-0.39, 0.29) is 5.91 Å². The Bertz CT molecular complexity index is 1050. The lowest BCUT2D eigenvalue weighted by Crippen LogP contribution is -2.30. The van der Waals surface area contributed by atoms with Gasteiger partial charge in [-0.2, -0.15) is 9.36 Å². The molecule has 30 heavy (non-hydrogen) atoms. The van der Waals surface area contributed by atoms with Crippen LogP contribution in [0, 0.1) is 13.8 Å². The molecule has 0 saturated carbocycles. The number of nitrogens with one attached hydrogen (secondary N) is 1. The van der Waals surface area contributed by atoms with Gasteiger partial charge in [-0.3, -0.25) is 10.1 Å². The van der Waals surface area contributed by atoms with E-state index in [2.05, 4.69) is 14.7 Å². The van der Waals surface area contributed by atoms with Gasteiger partial charge in [-0.25, -0.2) is 0 Å². The number of amides is 1. The van der Waals surface area contributed by atoms with E-state index in [0.29, 0.717) is 33.2 Å². The van der Waals surface area contributed by atoms with Crippen molar-refractivity contribution in [3.05, 3.63) is 46.5 Å². The summed E-state index contributed by atoms with van der Waals surface area (Å²) in [4.78, 5) is 16.9. The Labute approximate surface area is 184 Å². The fourth-order valence-electron chi connectivity index (χ4n) is 2.81. The second-order valence-corrected chi connectivity index (χ2v) is 7.74. The normalized spacial score (nSPS) is 11.7. The first kappa shape index (κ1) is 21.9. The molecule has 158 valence electrons. The number of halogens is 1. The van der Waals surface area contributed by atoms with Crippen molar-refractivity contribution in [3.8, 4) is 28.6 Å². The van der Waals surface area contributed by atoms with Crippen LogP contribution in [0.25, 0.3) is 11.4 Å². The van der Waals surface area contributed by atoms with E-state index in [0.717, 1.165) is 28.2 Å². The highest BCUT2D eigenvalue weighted by molar-refractivity contribution is 7.10. The number of carbonyl (C=O) groups excluding carboxylic acids is 1. The summed E-state index contributed by atoms with van der Waals surface area (Å²) in [5.74, 6) is 1.93. The van der Waals surface area contributed by atoms with E-state index in [1.54, 1.807) is 45.4 Å². The summed E-state index contributed by atoms with van der Waals surface area (Å²) in [5.41, 5.74) is 2.53. The van der Waals surface area contributed by atoms with Gasteiger partial charge in [0.1, 0.15) is 5.75 Å². The summed E-state index contributed by atoms with van der Waals surface area (Å²) in [6.45, 7) is 5.46. The molecular weight excluding hydrogens is 426 g/mol. The van der Waals surface area contributed by atoms with Gasteiger partial charge in [0.05, 0.1) is 14.2 Å². The van der Waals surface area contributed by atoms with E-state index < -0.39 is 6.10 Å². The minimum Gasteiger partial charge on any atom is -0.493 e. The lowest BCUT2D eigenvalue weighted by molar-refractivity contribution is -0.122. The summed E-state index contributed by atoms with van der Waals surface area (Å²) in [6.07, 6.45) is -0.724. The van der Waals surface area contributed by atoms with Gasteiger partial charge < -0.3 is 14.2 Å². The number of ether oxygens (including phenoxy) is 3. The molecule has 3 aromatic rings. The molecular formula is C21H22ClN3O4S. The molecule has 9 heteroatoms. The lowest BCUT2D eigenvalue weighted by atomic mass is 10.1. The third-order valence-electron chi connectivity index (χ3n) is 4.39. The average molecular weight is 448 g/mol. The minimum atomic E-state index is -0.724. The van der Waals surface area contributed by atoms with Crippen LogP contribution in [-0.4, -0.2) is 35.6 Å². The number of benzene rings is 2. The zero-order valence-corrected chi connectivity index (χ0v) is 18.9. The Morgan fingerprint density at radius 2 is 1.77 bits per heavy atom. The van der Waals surface area contributed by atoms with Crippen molar-refractivity contribution < 1.29 is 19.0 Å². The number of aromatic nitrogens is 2. The summed E-state index contributed by atoms with van der Waals surface area (Å²) < 4.78 is 20.6. The van der Waals surface area contributed by atoms with Gasteiger partial charge in [-0.15, -0.1) is 0 Å². The zero-order valence-electron chi connectivity index (χ0n) is 17.3. The van der Waals surface area contributed by atoms with Gasteiger partial charge >= 0.3 is 0 Å². The molecule has 1 heterocycles. The van der Waals surface area contributed by atoms with Gasteiger partial charge in [-0.05, 0) is 62.2 Å². The van der Waals surface area contributed by atoms with Gasteiger partial charge in [0.15, 0.2) is 23.4 Å². The predicted molar refractivity (Wildman–Crippen MR) is 118 cm³/mol. The predicted octanol–water partition coefficient (Wildman–Crippen LogP) is 4.90. The van der Waals surface area contributed by atoms with Crippen molar-refractivity contribution in [2.24, 2.45) is 0 Å². The number of nitrogens with zero attached hydrogens (tertiary/aromatic N) is 2. The molecule has 1 atom stereocenters. The van der Waals surface area contributed by atoms with Crippen LogP contribution in [0.4, 0.5) is 5.13 Å². The number of methoxy groups -OCH3 is 2. The van der Waals surface area contributed by atoms with Crippen LogP contribution in [0.15, 0.2) is 30.3 Å². The summed E-state index contributed by atoms with van der Waals surface area (Å²) in [5, 5.41) is 3.81. The molecule has 0 aliphatic heterocycles. The van der Waals surface area contributed by atoms with E-state index in [4.69, 9.17) is 25.8 Å². The molecule has 0 aliphatic rings. The first-order chi connectivity index (χ1) is 14.3. The van der Waals surface area contributed by atoms with Crippen molar-refractivity contribution >= 4 is 34.2 Å². The van der Waals surface area contributed by atoms with Crippen LogP contribution in [0.2, 0.25) is 5.02 Å². The van der Waals surface area contributed by atoms with Crippen LogP contribution < -0.4 is 19.5 Å². The van der Waals surface area contributed by atoms with Crippen LogP contribution in [0.5, 0.6) is 17.2 Å². The van der Waals surface area contributed by atoms with E-state index in [1.807, 2.05) is 19.9 Å². The molecule has 0 saturated heterocycles. The number of hydrogen-bond donors (Lipinski definition) is 1. The van der Waals surface area contributed by atoms with Crippen LogP contribution >= 0.6 is 23.1 Å². The van der Waals surface area contributed by atoms with E-state index >= 15 is 0 Å². The Kier molecular flexibility index (Phi) is 6.79. The van der Waals surface area contributed by atoms with Crippen LogP contribution in [0.3, 0.4) is 0 Å². The molecule has 0 fully saturated rings. The number of hydrogen-bond acceptors (Lipinski definition) is 7. The third kappa shape index (κ3) is 4.83. The SMILES string of the molecule is COc1ccc(-c2nsc(NC(=O)[C@H](C)Oc3cc(C)c(Cl)c(C)c3)n2)cc1OC. The standard InChI is InChI=1S/C21H22ClN3O4S/c1-11-8-15(9-12(2)18(11)22)29-13(3)20(26)24-21-23-19(25-30-21)14-6-7-16(27-4)17(10-14)28-5/h6-10,13H,1-5H3,(H,23,24,25,26)/t13-/m0/s1. The van der Waals surface area contributed by atoms with Crippen LogP contribution in [-0.2, 0) is 4.79 Å². The highest BCUT2D eigenvalue weighted by Gasteiger charge is 2.18. The molecule has 1 amide bonds. The van der Waals surface area contributed by atoms with E-state index in [1.165, 1.54) is 0 Å². The number of rotatable bonds is 7. The third-order valence-corrected chi connectivity index (χ3v) is 5.62. The molecule has 0 aliphatic carbocycles. The zero-order chi connectivity index (χ0) is 21.8. The quantitative estimate of drug-likeness (QED) is 0.554. The Hall–Kier alpha value is -2.84. The Morgan fingerprint density at radius 1 is 1.10 bits per heavy atom. The molecule has 0 bridgehead atoms. The molecule has 1 aromatic heterocycles.